The summed E-state index contributed by atoms with van der Waals surface area (Å²) in [7, 11) is 1.63. The summed E-state index contributed by atoms with van der Waals surface area (Å²) in [5.74, 6) is 1.08. The van der Waals surface area contributed by atoms with E-state index in [-0.39, 0.29) is 23.3 Å². The molecule has 0 aliphatic carbocycles. The summed E-state index contributed by atoms with van der Waals surface area (Å²) in [6.45, 7) is 2.44. The number of anilines is 1. The lowest BCUT2D eigenvalue weighted by Crippen LogP contribution is -2.28. The predicted octanol–water partition coefficient (Wildman–Crippen LogP) is 2.49. The largest absolute Gasteiger partial charge is 0.497 e. The molecule has 0 spiro atoms. The van der Waals surface area contributed by atoms with Crippen molar-refractivity contribution in [1.82, 2.24) is 10.3 Å². The van der Waals surface area contributed by atoms with Crippen molar-refractivity contribution in [2.24, 2.45) is 0 Å². The van der Waals surface area contributed by atoms with Gasteiger partial charge in [0, 0.05) is 11.9 Å². The van der Waals surface area contributed by atoms with E-state index in [0.717, 1.165) is 23.4 Å². The zero-order chi connectivity index (χ0) is 18.1. The lowest BCUT2D eigenvalue weighted by Gasteiger charge is -2.06. The van der Waals surface area contributed by atoms with Crippen molar-refractivity contribution >= 4 is 40.0 Å². The molecule has 134 valence electrons. The van der Waals surface area contributed by atoms with Crippen LogP contribution in [0.3, 0.4) is 0 Å². The Hall–Kier alpha value is -2.06. The Bertz CT molecular complexity index is 701. The maximum Gasteiger partial charge on any atom is 0.236 e. The first-order valence-corrected chi connectivity index (χ1v) is 9.79. The Morgan fingerprint density at radius 3 is 2.56 bits per heavy atom. The minimum absolute atomic E-state index is 0.0728. The van der Waals surface area contributed by atoms with Crippen LogP contribution in [0.5, 0.6) is 5.75 Å². The number of methoxy groups -OCH3 is 1. The highest BCUT2D eigenvalue weighted by atomic mass is 32.2. The monoisotopic (exact) mass is 379 g/mol. The summed E-state index contributed by atoms with van der Waals surface area (Å²) in [5.41, 5.74) is 2.01. The zero-order valence-corrected chi connectivity index (χ0v) is 15.8. The van der Waals surface area contributed by atoms with E-state index < -0.39 is 0 Å². The number of carbonyl (C=O) groups is 2. The van der Waals surface area contributed by atoms with Gasteiger partial charge in [0.2, 0.25) is 11.8 Å². The average Bonchev–Trinajstić information content (AvgIpc) is 3.00. The molecule has 0 fully saturated rings. The molecular weight excluding hydrogens is 358 g/mol. The molecule has 1 aromatic heterocycles. The van der Waals surface area contributed by atoms with E-state index in [2.05, 4.69) is 15.6 Å². The molecule has 1 aromatic carbocycles. The van der Waals surface area contributed by atoms with Crippen molar-refractivity contribution < 1.29 is 14.3 Å². The smallest absolute Gasteiger partial charge is 0.236 e. The zero-order valence-electron chi connectivity index (χ0n) is 14.2. The predicted molar refractivity (Wildman–Crippen MR) is 103 cm³/mol. The lowest BCUT2D eigenvalue weighted by molar-refractivity contribution is -0.118. The van der Waals surface area contributed by atoms with Gasteiger partial charge in [-0.05, 0) is 31.0 Å². The summed E-state index contributed by atoms with van der Waals surface area (Å²) < 4.78 is 5.11. The normalized spacial score (nSPS) is 10.3. The van der Waals surface area contributed by atoms with Gasteiger partial charge < -0.3 is 15.4 Å². The molecule has 0 saturated carbocycles. The van der Waals surface area contributed by atoms with Gasteiger partial charge >= 0.3 is 0 Å². The number of hydrogen-bond donors (Lipinski definition) is 2. The van der Waals surface area contributed by atoms with Crippen molar-refractivity contribution in [1.29, 1.82) is 0 Å². The van der Waals surface area contributed by atoms with Crippen LogP contribution in [0.4, 0.5) is 5.13 Å². The van der Waals surface area contributed by atoms with E-state index in [1.165, 1.54) is 23.1 Å². The van der Waals surface area contributed by atoms with E-state index in [9.17, 15) is 9.59 Å². The van der Waals surface area contributed by atoms with Crippen molar-refractivity contribution in [3.05, 3.63) is 40.9 Å². The SMILES string of the molecule is COc1ccc(CCNC(=O)CSCC(=O)Nc2nc(C)cs2)cc1. The third-order valence-electron chi connectivity index (χ3n) is 3.23. The molecule has 2 aromatic rings. The van der Waals surface area contributed by atoms with Crippen LogP contribution in [-0.4, -0.2) is 42.0 Å². The van der Waals surface area contributed by atoms with Crippen molar-refractivity contribution in [3.8, 4) is 5.75 Å². The highest BCUT2D eigenvalue weighted by Gasteiger charge is 2.07. The van der Waals surface area contributed by atoms with Crippen molar-refractivity contribution in [2.75, 3.05) is 30.5 Å². The van der Waals surface area contributed by atoms with Gasteiger partial charge in [0.25, 0.3) is 0 Å². The quantitative estimate of drug-likeness (QED) is 0.700. The van der Waals surface area contributed by atoms with Crippen LogP contribution in [0, 0.1) is 6.92 Å². The fourth-order valence-electron chi connectivity index (χ4n) is 1.99. The van der Waals surface area contributed by atoms with Crippen LogP contribution in [0.25, 0.3) is 0 Å². The van der Waals surface area contributed by atoms with Crippen LogP contribution in [0.1, 0.15) is 11.3 Å². The summed E-state index contributed by atoms with van der Waals surface area (Å²) >= 11 is 2.67. The Kier molecular flexibility index (Phi) is 7.75. The Labute approximate surface area is 155 Å². The molecule has 0 radical (unpaired) electrons. The first-order chi connectivity index (χ1) is 12.1. The lowest BCUT2D eigenvalue weighted by atomic mass is 10.1. The number of amides is 2. The van der Waals surface area contributed by atoms with Gasteiger partial charge in [0.05, 0.1) is 24.3 Å². The number of nitrogens with one attached hydrogen (secondary N) is 2. The molecule has 0 atom stereocenters. The third-order valence-corrected chi connectivity index (χ3v) is 5.03. The summed E-state index contributed by atoms with van der Waals surface area (Å²) in [4.78, 5) is 27.7. The van der Waals surface area contributed by atoms with Crippen molar-refractivity contribution in [2.45, 2.75) is 13.3 Å². The maximum absolute atomic E-state index is 11.8. The molecule has 1 heterocycles. The molecule has 6 nitrogen and oxygen atoms in total. The van der Waals surface area contributed by atoms with Crippen LogP contribution in [-0.2, 0) is 16.0 Å². The minimum atomic E-state index is -0.148. The number of aromatic nitrogens is 1. The van der Waals surface area contributed by atoms with Gasteiger partial charge in [-0.3, -0.25) is 9.59 Å². The second-order valence-corrected chi connectivity index (χ2v) is 7.13. The summed E-state index contributed by atoms with van der Waals surface area (Å²) in [5, 5.41) is 8.03. The number of thiazole rings is 1. The highest BCUT2D eigenvalue weighted by molar-refractivity contribution is 8.00. The molecule has 8 heteroatoms. The van der Waals surface area contributed by atoms with Crippen LogP contribution >= 0.6 is 23.1 Å². The summed E-state index contributed by atoms with van der Waals surface area (Å²) in [6, 6.07) is 7.75. The molecule has 0 bridgehead atoms. The molecule has 2 rings (SSSR count). The number of rotatable bonds is 9. The van der Waals surface area contributed by atoms with Gasteiger partial charge in [0.1, 0.15) is 5.75 Å². The second-order valence-electron chi connectivity index (χ2n) is 5.28. The van der Waals surface area contributed by atoms with Gasteiger partial charge in [-0.25, -0.2) is 4.98 Å². The molecule has 0 aliphatic heterocycles. The number of aryl methyl sites for hydroxylation is 1. The van der Waals surface area contributed by atoms with Crippen LogP contribution < -0.4 is 15.4 Å². The van der Waals surface area contributed by atoms with Gasteiger partial charge in [-0.1, -0.05) is 12.1 Å². The number of thioether (sulfide) groups is 1. The van der Waals surface area contributed by atoms with Crippen LogP contribution in [0.15, 0.2) is 29.6 Å². The molecule has 2 N–H and O–H groups in total. The molecule has 25 heavy (non-hydrogen) atoms. The topological polar surface area (TPSA) is 80.3 Å². The van der Waals surface area contributed by atoms with E-state index in [1.807, 2.05) is 36.6 Å². The number of hydrogen-bond acceptors (Lipinski definition) is 6. The molecular formula is C17H21N3O3S2. The standard InChI is InChI=1S/C17H21N3O3S2/c1-12-9-25-17(19-12)20-16(22)11-24-10-15(21)18-8-7-13-3-5-14(23-2)6-4-13/h3-6,9H,7-8,10-11H2,1-2H3,(H,18,21)(H,19,20,22). The molecule has 0 saturated heterocycles. The van der Waals surface area contributed by atoms with Crippen LogP contribution in [0.2, 0.25) is 0 Å². The highest BCUT2D eigenvalue weighted by Crippen LogP contribution is 2.15. The maximum atomic E-state index is 11.8. The molecule has 2 amide bonds. The third kappa shape index (κ3) is 7.15. The molecule has 0 aliphatic rings. The first-order valence-electron chi connectivity index (χ1n) is 7.76. The van der Waals surface area contributed by atoms with Gasteiger partial charge in [0.15, 0.2) is 5.13 Å². The number of benzene rings is 1. The number of ether oxygens (including phenoxy) is 1. The summed E-state index contributed by atoms with van der Waals surface area (Å²) in [6.07, 6.45) is 0.754. The first kappa shape index (κ1) is 19.3. The number of nitrogens with zero attached hydrogens (tertiary/aromatic N) is 1. The van der Waals surface area contributed by atoms with Gasteiger partial charge in [-0.15, -0.1) is 23.1 Å². The second kappa shape index (κ2) is 10.0. The van der Waals surface area contributed by atoms with E-state index in [0.29, 0.717) is 11.7 Å². The minimum Gasteiger partial charge on any atom is -0.497 e. The van der Waals surface area contributed by atoms with Crippen molar-refractivity contribution in [3.63, 3.8) is 0 Å². The fraction of sp³-hybridized carbons (Fsp3) is 0.353. The van der Waals surface area contributed by atoms with E-state index >= 15 is 0 Å². The average molecular weight is 380 g/mol. The Balaban J connectivity index is 1.58. The Morgan fingerprint density at radius 2 is 1.92 bits per heavy atom. The van der Waals surface area contributed by atoms with Gasteiger partial charge in [-0.2, -0.15) is 0 Å². The molecule has 0 unspecified atom stereocenters. The van der Waals surface area contributed by atoms with E-state index in [4.69, 9.17) is 4.74 Å². The van der Waals surface area contributed by atoms with E-state index in [1.54, 1.807) is 7.11 Å². The number of carbonyl (C=O) groups excluding carboxylic acids is 2. The Morgan fingerprint density at radius 1 is 1.20 bits per heavy atom. The fourth-order valence-corrected chi connectivity index (χ4v) is 3.34.